The number of aryl methyl sites for hydroxylation is 1. The summed E-state index contributed by atoms with van der Waals surface area (Å²) in [6, 6.07) is 10.5. The quantitative estimate of drug-likeness (QED) is 0.601. The fraction of sp³-hybridized carbons (Fsp3) is 0.190. The van der Waals surface area contributed by atoms with Gasteiger partial charge >= 0.3 is 5.97 Å². The van der Waals surface area contributed by atoms with Crippen LogP contribution in [0.15, 0.2) is 47.8 Å². The van der Waals surface area contributed by atoms with Crippen molar-refractivity contribution in [1.29, 1.82) is 0 Å². The van der Waals surface area contributed by atoms with Crippen LogP contribution in [0.25, 0.3) is 10.6 Å². The lowest BCUT2D eigenvalue weighted by Crippen LogP contribution is -2.30. The Balaban J connectivity index is 1.56. The van der Waals surface area contributed by atoms with Crippen molar-refractivity contribution in [3.8, 4) is 10.6 Å². The Morgan fingerprint density at radius 2 is 1.90 bits per heavy atom. The van der Waals surface area contributed by atoms with Gasteiger partial charge in [-0.15, -0.1) is 11.3 Å². The predicted octanol–water partition coefficient (Wildman–Crippen LogP) is 4.51. The molecule has 0 saturated heterocycles. The van der Waals surface area contributed by atoms with Gasteiger partial charge in [0.2, 0.25) is 0 Å². The van der Waals surface area contributed by atoms with Crippen molar-refractivity contribution in [2.45, 2.75) is 26.4 Å². The number of anilines is 1. The average Bonchev–Trinajstić information content (AvgIpc) is 3.13. The number of rotatable bonds is 6. The van der Waals surface area contributed by atoms with Crippen LogP contribution < -0.4 is 5.32 Å². The second-order valence-corrected chi connectivity index (χ2v) is 7.29. The minimum atomic E-state index is -1.18. The van der Waals surface area contributed by atoms with Crippen molar-refractivity contribution in [3.63, 3.8) is 0 Å². The molecule has 0 saturated carbocycles. The molecule has 1 aromatic heterocycles. The number of nitrogens with zero attached hydrogens (tertiary/aromatic N) is 1. The minimum Gasteiger partial charge on any atom is -0.452 e. The third-order valence-corrected chi connectivity index (χ3v) is 4.98. The number of benzene rings is 2. The lowest BCUT2D eigenvalue weighted by Gasteiger charge is -2.13. The van der Waals surface area contributed by atoms with Crippen LogP contribution in [0.2, 0.25) is 0 Å². The van der Waals surface area contributed by atoms with Crippen molar-refractivity contribution >= 4 is 28.9 Å². The van der Waals surface area contributed by atoms with E-state index in [0.29, 0.717) is 5.69 Å². The zero-order valence-electron chi connectivity index (χ0n) is 15.7. The van der Waals surface area contributed by atoms with E-state index in [0.717, 1.165) is 34.3 Å². The molecule has 0 aliphatic heterocycles. The number of esters is 1. The molecule has 0 bridgehead atoms. The maximum absolute atomic E-state index is 13.6. The van der Waals surface area contributed by atoms with Crippen molar-refractivity contribution in [3.05, 3.63) is 70.7 Å². The molecule has 3 rings (SSSR count). The van der Waals surface area contributed by atoms with Gasteiger partial charge < -0.3 is 10.1 Å². The molecular formula is C21H18F2N2O3S. The van der Waals surface area contributed by atoms with Gasteiger partial charge in [-0.05, 0) is 26.0 Å². The molecule has 0 spiro atoms. The van der Waals surface area contributed by atoms with Gasteiger partial charge in [0.15, 0.2) is 6.10 Å². The van der Waals surface area contributed by atoms with Crippen LogP contribution in [0.3, 0.4) is 0 Å². The van der Waals surface area contributed by atoms with Crippen LogP contribution in [0.1, 0.15) is 18.2 Å². The van der Waals surface area contributed by atoms with Crippen LogP contribution in [0, 0.1) is 18.6 Å². The molecule has 0 aliphatic rings. The van der Waals surface area contributed by atoms with Gasteiger partial charge in [-0.3, -0.25) is 9.59 Å². The first-order chi connectivity index (χ1) is 13.8. The molecule has 0 unspecified atom stereocenters. The van der Waals surface area contributed by atoms with Crippen molar-refractivity contribution in [1.82, 2.24) is 4.98 Å². The van der Waals surface area contributed by atoms with Crippen LogP contribution in [0.5, 0.6) is 0 Å². The van der Waals surface area contributed by atoms with E-state index >= 15 is 0 Å². The Hall–Kier alpha value is -3.13. The van der Waals surface area contributed by atoms with Gasteiger partial charge in [-0.25, -0.2) is 13.8 Å². The first-order valence-electron chi connectivity index (χ1n) is 8.78. The number of carbonyl (C=O) groups is 2. The molecule has 2 aromatic carbocycles. The number of halogens is 2. The molecule has 0 radical (unpaired) electrons. The summed E-state index contributed by atoms with van der Waals surface area (Å²) in [6.45, 7) is 3.34. The van der Waals surface area contributed by atoms with E-state index in [1.807, 2.05) is 31.2 Å². The third kappa shape index (κ3) is 5.45. The summed E-state index contributed by atoms with van der Waals surface area (Å²) in [5, 5.41) is 4.74. The number of ether oxygens (including phenoxy) is 1. The molecule has 8 heteroatoms. The smallest absolute Gasteiger partial charge is 0.312 e. The maximum Gasteiger partial charge on any atom is 0.312 e. The van der Waals surface area contributed by atoms with Crippen molar-refractivity contribution < 1.29 is 23.1 Å². The normalized spacial score (nSPS) is 11.7. The number of aromatic nitrogens is 1. The number of thiazole rings is 1. The molecule has 29 heavy (non-hydrogen) atoms. The molecule has 1 amide bonds. The van der Waals surface area contributed by atoms with Crippen LogP contribution in [-0.4, -0.2) is 23.0 Å². The van der Waals surface area contributed by atoms with E-state index in [9.17, 15) is 18.4 Å². The summed E-state index contributed by atoms with van der Waals surface area (Å²) in [5.74, 6) is -2.89. The molecular weight excluding hydrogens is 398 g/mol. The summed E-state index contributed by atoms with van der Waals surface area (Å²) in [4.78, 5) is 28.6. The van der Waals surface area contributed by atoms with E-state index in [-0.39, 0.29) is 12.1 Å². The molecule has 3 aromatic rings. The molecule has 5 nitrogen and oxygen atoms in total. The zero-order chi connectivity index (χ0) is 21.0. The van der Waals surface area contributed by atoms with Crippen molar-refractivity contribution in [2.24, 2.45) is 0 Å². The monoisotopic (exact) mass is 416 g/mol. The topological polar surface area (TPSA) is 68.3 Å². The maximum atomic E-state index is 13.6. The lowest BCUT2D eigenvalue weighted by molar-refractivity contribution is -0.152. The Labute approximate surface area is 170 Å². The van der Waals surface area contributed by atoms with Crippen LogP contribution >= 0.6 is 11.3 Å². The second kappa shape index (κ2) is 8.91. The van der Waals surface area contributed by atoms with E-state index in [4.69, 9.17) is 4.74 Å². The van der Waals surface area contributed by atoms with E-state index in [1.54, 1.807) is 5.38 Å². The summed E-state index contributed by atoms with van der Waals surface area (Å²) in [7, 11) is 0. The molecule has 150 valence electrons. The van der Waals surface area contributed by atoms with Gasteiger partial charge in [0.05, 0.1) is 17.8 Å². The molecule has 0 aliphatic carbocycles. The van der Waals surface area contributed by atoms with E-state index < -0.39 is 29.6 Å². The zero-order valence-corrected chi connectivity index (χ0v) is 16.6. The van der Waals surface area contributed by atoms with Crippen LogP contribution in [0.4, 0.5) is 14.5 Å². The van der Waals surface area contributed by atoms with Gasteiger partial charge in [-0.2, -0.15) is 0 Å². The third-order valence-electron chi connectivity index (χ3n) is 4.04. The Kier molecular flexibility index (Phi) is 6.33. The van der Waals surface area contributed by atoms with Gasteiger partial charge in [0.25, 0.3) is 5.91 Å². The summed E-state index contributed by atoms with van der Waals surface area (Å²) in [5.41, 5.74) is 2.30. The largest absolute Gasteiger partial charge is 0.452 e. The highest BCUT2D eigenvalue weighted by atomic mass is 32.1. The minimum absolute atomic E-state index is 0.103. The average molecular weight is 416 g/mol. The number of amides is 1. The molecule has 1 N–H and O–H groups in total. The predicted molar refractivity (Wildman–Crippen MR) is 107 cm³/mol. The molecule has 1 heterocycles. The number of carbonyl (C=O) groups excluding carboxylic acids is 2. The van der Waals surface area contributed by atoms with E-state index in [2.05, 4.69) is 10.3 Å². The summed E-state index contributed by atoms with van der Waals surface area (Å²) >= 11 is 1.41. The second-order valence-electron chi connectivity index (χ2n) is 6.43. The summed E-state index contributed by atoms with van der Waals surface area (Å²) in [6.07, 6.45) is -1.28. The Morgan fingerprint density at radius 1 is 1.17 bits per heavy atom. The van der Waals surface area contributed by atoms with Gasteiger partial charge in [-0.1, -0.05) is 29.8 Å². The van der Waals surface area contributed by atoms with E-state index in [1.165, 1.54) is 18.3 Å². The number of hydrogen-bond donors (Lipinski definition) is 1. The SMILES string of the molecule is Cc1ccc(-c2nc(CC(=O)O[C@@H](C)C(=O)Nc3cc(F)ccc3F)cs2)cc1. The summed E-state index contributed by atoms with van der Waals surface area (Å²) < 4.78 is 31.9. The highest BCUT2D eigenvalue weighted by Gasteiger charge is 2.20. The Bertz CT molecular complexity index is 1030. The van der Waals surface area contributed by atoms with Crippen LogP contribution in [-0.2, 0) is 20.7 Å². The van der Waals surface area contributed by atoms with Gasteiger partial charge in [0.1, 0.15) is 16.6 Å². The fourth-order valence-electron chi connectivity index (χ4n) is 2.48. The standard InChI is InChI=1S/C21H18F2N2O3S/c1-12-3-5-14(6-4-12)21-24-16(11-29-21)10-19(26)28-13(2)20(27)25-18-9-15(22)7-8-17(18)23/h3-9,11,13H,10H2,1-2H3,(H,25,27)/t13-/m0/s1. The number of nitrogens with one attached hydrogen (secondary N) is 1. The molecule has 0 fully saturated rings. The molecule has 1 atom stereocenters. The lowest BCUT2D eigenvalue weighted by atomic mass is 10.2. The Morgan fingerprint density at radius 3 is 2.62 bits per heavy atom. The fourth-order valence-corrected chi connectivity index (χ4v) is 3.31. The number of hydrogen-bond acceptors (Lipinski definition) is 5. The highest BCUT2D eigenvalue weighted by Crippen LogP contribution is 2.24. The first kappa shape index (κ1) is 20.6. The van der Waals surface area contributed by atoms with Gasteiger partial charge in [0, 0.05) is 17.0 Å². The first-order valence-corrected chi connectivity index (χ1v) is 9.66. The van der Waals surface area contributed by atoms with Crippen molar-refractivity contribution in [2.75, 3.05) is 5.32 Å². The highest BCUT2D eigenvalue weighted by molar-refractivity contribution is 7.13.